The minimum atomic E-state index is -5.15. The van der Waals surface area contributed by atoms with Crippen molar-refractivity contribution in [1.82, 2.24) is 0 Å². The number of aliphatic hydroxyl groups is 1. The van der Waals surface area contributed by atoms with E-state index in [-0.39, 0.29) is 0 Å². The van der Waals surface area contributed by atoms with Crippen molar-refractivity contribution in [2.75, 3.05) is 0 Å². The van der Waals surface area contributed by atoms with Gasteiger partial charge in [0.05, 0.1) is 10.8 Å². The predicted octanol–water partition coefficient (Wildman–Crippen LogP) is 5.64. The summed E-state index contributed by atoms with van der Waals surface area (Å²) in [6, 6.07) is 2.23. The van der Waals surface area contributed by atoms with Crippen LogP contribution in [0.4, 0.5) is 26.3 Å². The second-order valence-corrected chi connectivity index (χ2v) is 8.07. The standard InChI is InChI=1S/C19H24F6O3/c1-7-15(2,3)14(26)28-13-9-11(16(4,5)18(20,21)22)8-12(10-13)17(6,27)19(23,24)25/h8-10,27H,7H2,1-6H3. The van der Waals surface area contributed by atoms with Gasteiger partial charge in [-0.05, 0) is 64.3 Å². The second-order valence-electron chi connectivity index (χ2n) is 8.07. The van der Waals surface area contributed by atoms with Gasteiger partial charge in [-0.2, -0.15) is 26.3 Å². The molecule has 0 heterocycles. The monoisotopic (exact) mass is 414 g/mol. The molecule has 28 heavy (non-hydrogen) atoms. The van der Waals surface area contributed by atoms with E-state index in [2.05, 4.69) is 0 Å². The molecule has 3 nitrogen and oxygen atoms in total. The van der Waals surface area contributed by atoms with Crippen molar-refractivity contribution in [3.8, 4) is 5.75 Å². The Bertz CT molecular complexity index is 686. The summed E-state index contributed by atoms with van der Waals surface area (Å²) in [5, 5.41) is 9.93. The molecule has 160 valence electrons. The van der Waals surface area contributed by atoms with Crippen molar-refractivity contribution < 1.29 is 41.0 Å². The molecule has 1 rings (SSSR count). The highest BCUT2D eigenvalue weighted by Crippen LogP contribution is 2.45. The van der Waals surface area contributed by atoms with Gasteiger partial charge < -0.3 is 9.84 Å². The topological polar surface area (TPSA) is 46.5 Å². The molecule has 1 N–H and O–H groups in total. The van der Waals surface area contributed by atoms with Crippen LogP contribution in [-0.4, -0.2) is 23.4 Å². The van der Waals surface area contributed by atoms with Gasteiger partial charge in [-0.15, -0.1) is 0 Å². The third-order valence-corrected chi connectivity index (χ3v) is 5.10. The summed E-state index contributed by atoms with van der Waals surface area (Å²) >= 11 is 0. The molecule has 0 spiro atoms. The molecule has 0 aliphatic heterocycles. The lowest BCUT2D eigenvalue weighted by atomic mass is 9.81. The Kier molecular flexibility index (Phi) is 6.28. The number of hydrogen-bond donors (Lipinski definition) is 1. The lowest BCUT2D eigenvalue weighted by Crippen LogP contribution is -2.41. The van der Waals surface area contributed by atoms with Crippen molar-refractivity contribution in [1.29, 1.82) is 0 Å². The van der Waals surface area contributed by atoms with Crippen molar-refractivity contribution in [2.24, 2.45) is 5.41 Å². The second kappa shape index (κ2) is 7.24. The molecule has 0 saturated carbocycles. The molecule has 0 aliphatic carbocycles. The van der Waals surface area contributed by atoms with Gasteiger partial charge in [0.15, 0.2) is 5.60 Å². The molecule has 0 amide bonds. The van der Waals surface area contributed by atoms with Crippen LogP contribution in [0, 0.1) is 5.41 Å². The number of ether oxygens (including phenoxy) is 1. The molecule has 1 atom stereocenters. The third kappa shape index (κ3) is 4.61. The fourth-order valence-corrected chi connectivity index (χ4v) is 2.02. The first-order chi connectivity index (χ1) is 12.3. The van der Waals surface area contributed by atoms with E-state index in [1.807, 2.05) is 0 Å². The zero-order chi connectivity index (χ0) is 22.3. The molecule has 0 aromatic heterocycles. The van der Waals surface area contributed by atoms with Crippen LogP contribution in [0.1, 0.15) is 59.1 Å². The van der Waals surface area contributed by atoms with E-state index in [0.717, 1.165) is 26.0 Å². The largest absolute Gasteiger partial charge is 0.426 e. The number of halogens is 6. The highest BCUT2D eigenvalue weighted by atomic mass is 19.4. The van der Waals surface area contributed by atoms with Crippen molar-refractivity contribution in [3.63, 3.8) is 0 Å². The normalized spacial score (nSPS) is 15.9. The van der Waals surface area contributed by atoms with Gasteiger partial charge in [0, 0.05) is 0 Å². The van der Waals surface area contributed by atoms with Crippen LogP contribution in [0.25, 0.3) is 0 Å². The Morgan fingerprint density at radius 3 is 1.75 bits per heavy atom. The smallest absolute Gasteiger partial charge is 0.421 e. The van der Waals surface area contributed by atoms with Crippen LogP contribution in [0.2, 0.25) is 0 Å². The molecular formula is C19H24F6O3. The maximum Gasteiger partial charge on any atom is 0.421 e. The first-order valence-corrected chi connectivity index (χ1v) is 8.51. The van der Waals surface area contributed by atoms with Crippen LogP contribution in [0.5, 0.6) is 5.75 Å². The maximum atomic E-state index is 13.4. The molecule has 0 radical (unpaired) electrons. The number of carbonyl (C=O) groups is 1. The highest BCUT2D eigenvalue weighted by molar-refractivity contribution is 5.78. The van der Waals surface area contributed by atoms with Crippen molar-refractivity contribution >= 4 is 5.97 Å². The van der Waals surface area contributed by atoms with Crippen molar-refractivity contribution in [3.05, 3.63) is 29.3 Å². The summed E-state index contributed by atoms with van der Waals surface area (Å²) < 4.78 is 85.1. The predicted molar refractivity (Wildman–Crippen MR) is 90.9 cm³/mol. The average molecular weight is 414 g/mol. The quantitative estimate of drug-likeness (QED) is 0.385. The average Bonchev–Trinajstić information content (AvgIpc) is 2.52. The number of benzene rings is 1. The number of rotatable bonds is 5. The lowest BCUT2D eigenvalue weighted by molar-refractivity contribution is -0.259. The fraction of sp³-hybridized carbons (Fsp3) is 0.632. The molecule has 0 fully saturated rings. The Hall–Kier alpha value is -1.77. The van der Waals surface area contributed by atoms with E-state index in [1.165, 1.54) is 13.8 Å². The van der Waals surface area contributed by atoms with Crippen molar-refractivity contribution in [2.45, 2.75) is 71.3 Å². The van der Waals surface area contributed by atoms with Gasteiger partial charge in [0.25, 0.3) is 0 Å². The Morgan fingerprint density at radius 2 is 1.36 bits per heavy atom. The third-order valence-electron chi connectivity index (χ3n) is 5.10. The van der Waals surface area contributed by atoms with Gasteiger partial charge in [-0.25, -0.2) is 0 Å². The van der Waals surface area contributed by atoms with Gasteiger partial charge in [0.2, 0.25) is 0 Å². The first-order valence-electron chi connectivity index (χ1n) is 8.51. The minimum absolute atomic E-state index is 0.340. The molecular weight excluding hydrogens is 390 g/mol. The van der Waals surface area contributed by atoms with Gasteiger partial charge >= 0.3 is 18.3 Å². The number of carbonyl (C=O) groups excluding carboxylic acids is 1. The number of alkyl halides is 6. The van der Waals surface area contributed by atoms with Crippen LogP contribution >= 0.6 is 0 Å². The van der Waals surface area contributed by atoms with Crippen LogP contribution in [0.3, 0.4) is 0 Å². The van der Waals surface area contributed by atoms with E-state index < -0.39 is 51.6 Å². The zero-order valence-electron chi connectivity index (χ0n) is 16.5. The van der Waals surface area contributed by atoms with Gasteiger partial charge in [0.1, 0.15) is 5.75 Å². The molecule has 0 bridgehead atoms. The van der Waals surface area contributed by atoms with Crippen LogP contribution in [0.15, 0.2) is 18.2 Å². The summed E-state index contributed by atoms with van der Waals surface area (Å²) in [5.74, 6) is -1.31. The van der Waals surface area contributed by atoms with E-state index in [1.54, 1.807) is 6.92 Å². The summed E-state index contributed by atoms with van der Waals surface area (Å²) in [6.07, 6.45) is -9.61. The maximum absolute atomic E-state index is 13.4. The summed E-state index contributed by atoms with van der Waals surface area (Å²) in [6.45, 7) is 6.75. The minimum Gasteiger partial charge on any atom is -0.426 e. The SMILES string of the molecule is CCC(C)(C)C(=O)Oc1cc(C(C)(C)C(F)(F)F)cc(C(C)(O)C(F)(F)F)c1. The number of hydrogen-bond acceptors (Lipinski definition) is 3. The molecule has 1 unspecified atom stereocenters. The van der Waals surface area contributed by atoms with E-state index in [0.29, 0.717) is 19.4 Å². The van der Waals surface area contributed by atoms with E-state index >= 15 is 0 Å². The van der Waals surface area contributed by atoms with E-state index in [9.17, 15) is 36.2 Å². The molecule has 1 aromatic rings. The van der Waals surface area contributed by atoms with Crippen LogP contribution < -0.4 is 4.74 Å². The summed E-state index contributed by atoms with van der Waals surface area (Å²) in [4.78, 5) is 12.3. The fourth-order valence-electron chi connectivity index (χ4n) is 2.02. The lowest BCUT2D eigenvalue weighted by Gasteiger charge is -2.32. The van der Waals surface area contributed by atoms with Gasteiger partial charge in [-0.3, -0.25) is 4.79 Å². The molecule has 0 aliphatic rings. The number of esters is 1. The highest BCUT2D eigenvalue weighted by Gasteiger charge is 2.53. The summed E-state index contributed by atoms with van der Waals surface area (Å²) in [5.41, 5.74) is -8.41. The first kappa shape index (κ1) is 24.3. The van der Waals surface area contributed by atoms with E-state index in [4.69, 9.17) is 4.74 Å². The molecule has 9 heteroatoms. The molecule has 0 saturated heterocycles. The Labute approximate surface area is 159 Å². The zero-order valence-corrected chi connectivity index (χ0v) is 16.5. The van der Waals surface area contributed by atoms with Crippen LogP contribution in [-0.2, 0) is 15.8 Å². The van der Waals surface area contributed by atoms with Gasteiger partial charge in [-0.1, -0.05) is 13.0 Å². The molecule has 1 aromatic carbocycles. The Balaban J connectivity index is 3.64. The summed E-state index contributed by atoms with van der Waals surface area (Å²) in [7, 11) is 0. The Morgan fingerprint density at radius 1 is 0.893 bits per heavy atom.